The number of pyridine rings is 1. The number of nitrogens with one attached hydrogen (secondary N) is 1. The molecule has 0 unspecified atom stereocenters. The molecule has 0 atom stereocenters. The molecule has 27 heavy (non-hydrogen) atoms. The summed E-state index contributed by atoms with van der Waals surface area (Å²) >= 11 is 0. The number of hydrogen-bond acceptors (Lipinski definition) is 8. The molecule has 1 saturated heterocycles. The van der Waals surface area contributed by atoms with Gasteiger partial charge in [0.15, 0.2) is 0 Å². The first-order valence-corrected chi connectivity index (χ1v) is 9.10. The van der Waals surface area contributed by atoms with Crippen LogP contribution in [0.5, 0.6) is 0 Å². The van der Waals surface area contributed by atoms with E-state index in [1.807, 2.05) is 23.5 Å². The van der Waals surface area contributed by atoms with Crippen molar-refractivity contribution in [1.82, 2.24) is 29.6 Å². The highest BCUT2D eigenvalue weighted by molar-refractivity contribution is 5.78. The molecule has 0 radical (unpaired) electrons. The maximum absolute atomic E-state index is 5.27. The van der Waals surface area contributed by atoms with Crippen molar-refractivity contribution in [1.29, 1.82) is 0 Å². The Hall–Kier alpha value is -2.78. The number of rotatable bonds is 5. The molecule has 0 aliphatic carbocycles. The maximum Gasteiger partial charge on any atom is 0.227 e. The summed E-state index contributed by atoms with van der Waals surface area (Å²) in [6.07, 6.45) is 5.40. The Kier molecular flexibility index (Phi) is 4.87. The number of aromatic nitrogens is 5. The summed E-state index contributed by atoms with van der Waals surface area (Å²) < 4.78 is 2.13. The molecule has 0 aromatic carbocycles. The predicted molar refractivity (Wildman–Crippen MR) is 104 cm³/mol. The highest BCUT2D eigenvalue weighted by atomic mass is 16.7. The Labute approximate surface area is 158 Å². The average molecular weight is 368 g/mol. The quantitative estimate of drug-likeness (QED) is 0.734. The topological polar surface area (TPSA) is 84.2 Å². The second kappa shape index (κ2) is 7.45. The van der Waals surface area contributed by atoms with E-state index >= 15 is 0 Å². The zero-order chi connectivity index (χ0) is 18.8. The first-order chi connectivity index (χ1) is 13.1. The molecule has 9 nitrogen and oxygen atoms in total. The lowest BCUT2D eigenvalue weighted by atomic mass is 10.3. The molecule has 9 heteroatoms. The molecule has 1 aliphatic rings. The van der Waals surface area contributed by atoms with Gasteiger partial charge in [0.25, 0.3) is 0 Å². The van der Waals surface area contributed by atoms with Gasteiger partial charge in [-0.05, 0) is 19.9 Å². The minimum Gasteiger partial charge on any atom is -0.338 e. The van der Waals surface area contributed by atoms with Gasteiger partial charge in [-0.3, -0.25) is 0 Å². The fraction of sp³-hybridized carbons (Fsp3) is 0.444. The van der Waals surface area contributed by atoms with E-state index in [1.54, 1.807) is 19.5 Å². The molecule has 0 bridgehead atoms. The van der Waals surface area contributed by atoms with Gasteiger partial charge in [0, 0.05) is 44.5 Å². The molecule has 4 heterocycles. The average Bonchev–Trinajstić information content (AvgIpc) is 3.12. The van der Waals surface area contributed by atoms with Crippen molar-refractivity contribution < 1.29 is 4.84 Å². The third-order valence-corrected chi connectivity index (χ3v) is 4.70. The largest absolute Gasteiger partial charge is 0.338 e. The molecule has 1 N–H and O–H groups in total. The van der Waals surface area contributed by atoms with Gasteiger partial charge >= 0.3 is 0 Å². The SMILES string of the molecule is CON1CCN(c2nccc(Nc3cc4c(cn3)ncn4C(C)C)n2)CC1. The standard InChI is InChI=1S/C18H24N8O/c1-13(2)26-12-21-14-11-20-17(10-15(14)26)22-16-4-5-19-18(23-16)24-6-8-25(27-3)9-7-24/h4-5,10-13H,6-9H2,1-3H3,(H,19,20,22,23). The van der Waals surface area contributed by atoms with E-state index in [0.717, 1.165) is 48.8 Å². The summed E-state index contributed by atoms with van der Waals surface area (Å²) in [5, 5.41) is 5.23. The van der Waals surface area contributed by atoms with Gasteiger partial charge in [-0.2, -0.15) is 10.0 Å². The summed E-state index contributed by atoms with van der Waals surface area (Å²) in [6.45, 7) is 7.58. The van der Waals surface area contributed by atoms with Gasteiger partial charge in [0.2, 0.25) is 5.95 Å². The molecule has 142 valence electrons. The lowest BCUT2D eigenvalue weighted by molar-refractivity contribution is -0.133. The van der Waals surface area contributed by atoms with Crippen LogP contribution in [-0.2, 0) is 4.84 Å². The van der Waals surface area contributed by atoms with E-state index in [4.69, 9.17) is 4.84 Å². The van der Waals surface area contributed by atoms with Crippen molar-refractivity contribution in [2.75, 3.05) is 43.5 Å². The molecule has 4 rings (SSSR count). The van der Waals surface area contributed by atoms with Gasteiger partial charge in [0.05, 0.1) is 25.2 Å². The van der Waals surface area contributed by atoms with E-state index in [0.29, 0.717) is 12.0 Å². The molecule has 0 spiro atoms. The summed E-state index contributed by atoms with van der Waals surface area (Å²) in [6, 6.07) is 4.18. The molecule has 1 aliphatic heterocycles. The summed E-state index contributed by atoms with van der Waals surface area (Å²) in [5.41, 5.74) is 1.93. The van der Waals surface area contributed by atoms with Crippen LogP contribution in [0.1, 0.15) is 19.9 Å². The molecule has 0 amide bonds. The number of imidazole rings is 1. The Balaban J connectivity index is 1.53. The molecule has 1 fully saturated rings. The second-order valence-electron chi connectivity index (χ2n) is 6.77. The second-order valence-corrected chi connectivity index (χ2v) is 6.77. The van der Waals surface area contributed by atoms with Crippen LogP contribution in [0.25, 0.3) is 11.0 Å². The van der Waals surface area contributed by atoms with E-state index in [1.165, 1.54) is 0 Å². The molecule has 0 saturated carbocycles. The first kappa shape index (κ1) is 17.6. The molecular formula is C18H24N8O. The highest BCUT2D eigenvalue weighted by Gasteiger charge is 2.19. The highest BCUT2D eigenvalue weighted by Crippen LogP contribution is 2.22. The Morgan fingerprint density at radius 1 is 1.07 bits per heavy atom. The molecular weight excluding hydrogens is 344 g/mol. The van der Waals surface area contributed by atoms with Crippen molar-refractivity contribution in [2.45, 2.75) is 19.9 Å². The van der Waals surface area contributed by atoms with Crippen LogP contribution >= 0.6 is 0 Å². The fourth-order valence-corrected chi connectivity index (χ4v) is 3.18. The van der Waals surface area contributed by atoms with E-state index in [2.05, 4.69) is 48.6 Å². The number of hydroxylamine groups is 2. The maximum atomic E-state index is 5.27. The van der Waals surface area contributed by atoms with Crippen molar-refractivity contribution in [3.05, 3.63) is 30.9 Å². The minimum atomic E-state index is 0.335. The van der Waals surface area contributed by atoms with Gasteiger partial charge in [-0.25, -0.2) is 15.0 Å². The van der Waals surface area contributed by atoms with Crippen LogP contribution in [-0.4, -0.2) is 62.9 Å². The summed E-state index contributed by atoms with van der Waals surface area (Å²) in [7, 11) is 1.70. The lowest BCUT2D eigenvalue weighted by Gasteiger charge is -2.33. The summed E-state index contributed by atoms with van der Waals surface area (Å²) in [4.78, 5) is 25.4. The number of fused-ring (bicyclic) bond motifs is 1. The van der Waals surface area contributed by atoms with E-state index in [9.17, 15) is 0 Å². The molecule has 3 aromatic heterocycles. The van der Waals surface area contributed by atoms with Gasteiger partial charge in [-0.15, -0.1) is 0 Å². The van der Waals surface area contributed by atoms with Gasteiger partial charge < -0.3 is 19.6 Å². The normalized spacial score (nSPS) is 15.6. The van der Waals surface area contributed by atoms with Crippen molar-refractivity contribution >= 4 is 28.6 Å². The van der Waals surface area contributed by atoms with Crippen LogP contribution in [0.15, 0.2) is 30.9 Å². The van der Waals surface area contributed by atoms with Gasteiger partial charge in [-0.1, -0.05) is 0 Å². The zero-order valence-corrected chi connectivity index (χ0v) is 15.8. The van der Waals surface area contributed by atoms with Crippen molar-refractivity contribution in [3.63, 3.8) is 0 Å². The Bertz CT molecular complexity index is 917. The monoisotopic (exact) mass is 368 g/mol. The van der Waals surface area contributed by atoms with Crippen LogP contribution < -0.4 is 10.2 Å². The van der Waals surface area contributed by atoms with Crippen molar-refractivity contribution in [3.8, 4) is 0 Å². The van der Waals surface area contributed by atoms with Crippen LogP contribution in [0.2, 0.25) is 0 Å². The number of piperazine rings is 1. The predicted octanol–water partition coefficient (Wildman–Crippen LogP) is 2.23. The fourth-order valence-electron chi connectivity index (χ4n) is 3.18. The van der Waals surface area contributed by atoms with E-state index < -0.39 is 0 Å². The third kappa shape index (κ3) is 3.69. The minimum absolute atomic E-state index is 0.335. The summed E-state index contributed by atoms with van der Waals surface area (Å²) in [5.74, 6) is 2.17. The van der Waals surface area contributed by atoms with Crippen molar-refractivity contribution in [2.24, 2.45) is 0 Å². The van der Waals surface area contributed by atoms with Crippen LogP contribution in [0.4, 0.5) is 17.6 Å². The number of nitrogens with zero attached hydrogens (tertiary/aromatic N) is 7. The third-order valence-electron chi connectivity index (χ3n) is 4.70. The molecule has 3 aromatic rings. The lowest BCUT2D eigenvalue weighted by Crippen LogP contribution is -2.46. The van der Waals surface area contributed by atoms with Gasteiger partial charge in [0.1, 0.15) is 17.2 Å². The first-order valence-electron chi connectivity index (χ1n) is 9.10. The smallest absolute Gasteiger partial charge is 0.227 e. The van der Waals surface area contributed by atoms with E-state index in [-0.39, 0.29) is 0 Å². The number of anilines is 3. The van der Waals surface area contributed by atoms with Crippen LogP contribution in [0.3, 0.4) is 0 Å². The number of hydrogen-bond donors (Lipinski definition) is 1. The Morgan fingerprint density at radius 2 is 1.89 bits per heavy atom. The Morgan fingerprint density at radius 3 is 2.63 bits per heavy atom. The zero-order valence-electron chi connectivity index (χ0n) is 15.8. The van der Waals surface area contributed by atoms with Crippen LogP contribution in [0, 0.1) is 0 Å².